The number of hydrogen-bond donors (Lipinski definition) is 1. The van der Waals surface area contributed by atoms with E-state index in [4.69, 9.17) is 11.6 Å². The van der Waals surface area contributed by atoms with Gasteiger partial charge in [-0.15, -0.1) is 11.3 Å². The summed E-state index contributed by atoms with van der Waals surface area (Å²) in [6.07, 6.45) is 2.05. The Morgan fingerprint density at radius 3 is 2.95 bits per heavy atom. The number of thiazole rings is 1. The molecule has 0 aliphatic heterocycles. The lowest BCUT2D eigenvalue weighted by Gasteiger charge is -2.10. The van der Waals surface area contributed by atoms with E-state index in [9.17, 15) is 0 Å². The first-order valence-corrected chi connectivity index (χ1v) is 8.10. The normalized spacial score (nSPS) is 11.5. The molecule has 2 aromatic heterocycles. The maximum atomic E-state index is 6.32. The van der Waals surface area contributed by atoms with Crippen LogP contribution in [0.3, 0.4) is 0 Å². The van der Waals surface area contributed by atoms with Crippen molar-refractivity contribution in [1.29, 1.82) is 0 Å². The molecule has 3 rings (SSSR count). The van der Waals surface area contributed by atoms with Crippen molar-refractivity contribution in [2.24, 2.45) is 7.05 Å². The molecule has 0 amide bonds. The number of nitrogens with one attached hydrogen (secondary N) is 1. The van der Waals surface area contributed by atoms with E-state index in [0.717, 1.165) is 21.6 Å². The topological polar surface area (TPSA) is 42.7 Å². The first-order valence-electron chi connectivity index (χ1n) is 6.84. The lowest BCUT2D eigenvalue weighted by molar-refractivity contribution is 0.712. The molecular weight excluding hydrogens is 304 g/mol. The van der Waals surface area contributed by atoms with Crippen molar-refractivity contribution in [2.45, 2.75) is 26.3 Å². The molecule has 0 radical (unpaired) electrons. The number of hydrogen-bond acceptors (Lipinski definition) is 4. The Morgan fingerprint density at radius 2 is 2.19 bits per heavy atom. The Hall–Kier alpha value is -1.59. The van der Waals surface area contributed by atoms with Crippen LogP contribution < -0.4 is 5.32 Å². The average molecular weight is 321 g/mol. The fraction of sp³-hybridized carbons (Fsp3) is 0.333. The first kappa shape index (κ1) is 14.4. The zero-order valence-electron chi connectivity index (χ0n) is 12.2. The Balaban J connectivity index is 1.90. The molecule has 2 heterocycles. The van der Waals surface area contributed by atoms with Gasteiger partial charge in [0.05, 0.1) is 26.6 Å². The summed E-state index contributed by atoms with van der Waals surface area (Å²) >= 11 is 7.93. The summed E-state index contributed by atoms with van der Waals surface area (Å²) in [4.78, 5) is 4.41. The molecule has 6 heteroatoms. The van der Waals surface area contributed by atoms with Crippen LogP contribution >= 0.6 is 22.9 Å². The third-order valence-corrected chi connectivity index (χ3v) is 4.50. The second kappa shape index (κ2) is 5.66. The highest BCUT2D eigenvalue weighted by molar-refractivity contribution is 7.16. The van der Waals surface area contributed by atoms with Gasteiger partial charge in [0.25, 0.3) is 0 Å². The van der Waals surface area contributed by atoms with Crippen molar-refractivity contribution in [3.8, 4) is 0 Å². The van der Waals surface area contributed by atoms with Gasteiger partial charge in [0.15, 0.2) is 0 Å². The quantitative estimate of drug-likeness (QED) is 0.774. The monoisotopic (exact) mass is 320 g/mol. The molecule has 21 heavy (non-hydrogen) atoms. The van der Waals surface area contributed by atoms with Gasteiger partial charge in [0, 0.05) is 25.4 Å². The second-order valence-corrected chi connectivity index (χ2v) is 6.64. The van der Waals surface area contributed by atoms with Gasteiger partial charge in [-0.2, -0.15) is 5.10 Å². The standard InChI is InChI=1S/C15H17ClN4S/c1-9(2)13-10(7-20(3)19-13)6-17-14-11(16)4-5-12-15(14)18-8-21-12/h4-5,7-9,17H,6H2,1-3H3. The minimum absolute atomic E-state index is 0.397. The summed E-state index contributed by atoms with van der Waals surface area (Å²) in [6.45, 7) is 5.00. The number of aryl methyl sites for hydroxylation is 1. The smallest absolute Gasteiger partial charge is 0.106 e. The number of fused-ring (bicyclic) bond motifs is 1. The fourth-order valence-electron chi connectivity index (χ4n) is 2.44. The van der Waals surface area contributed by atoms with Gasteiger partial charge in [-0.05, 0) is 18.1 Å². The average Bonchev–Trinajstić information content (AvgIpc) is 3.04. The predicted octanol–water partition coefficient (Wildman–Crippen LogP) is 4.42. The summed E-state index contributed by atoms with van der Waals surface area (Å²) in [6, 6.07) is 3.92. The number of rotatable bonds is 4. The second-order valence-electron chi connectivity index (χ2n) is 5.34. The van der Waals surface area contributed by atoms with Crippen LogP contribution in [-0.2, 0) is 13.6 Å². The Morgan fingerprint density at radius 1 is 1.38 bits per heavy atom. The van der Waals surface area contributed by atoms with Gasteiger partial charge in [0.1, 0.15) is 5.52 Å². The molecule has 0 unspecified atom stereocenters. The number of nitrogens with zero attached hydrogens (tertiary/aromatic N) is 3. The van der Waals surface area contributed by atoms with E-state index in [1.54, 1.807) is 11.3 Å². The number of aromatic nitrogens is 3. The molecule has 3 aromatic rings. The van der Waals surface area contributed by atoms with E-state index in [2.05, 4.69) is 35.4 Å². The van der Waals surface area contributed by atoms with Gasteiger partial charge in [-0.3, -0.25) is 4.68 Å². The van der Waals surface area contributed by atoms with Crippen LogP contribution in [0.15, 0.2) is 23.8 Å². The van der Waals surface area contributed by atoms with Crippen LogP contribution in [-0.4, -0.2) is 14.8 Å². The van der Waals surface area contributed by atoms with Crippen molar-refractivity contribution in [3.05, 3.63) is 40.1 Å². The molecule has 0 aliphatic rings. The van der Waals surface area contributed by atoms with Crippen LogP contribution in [0.4, 0.5) is 5.69 Å². The Kier molecular flexibility index (Phi) is 3.87. The molecule has 0 spiro atoms. The summed E-state index contributed by atoms with van der Waals surface area (Å²) in [5, 5.41) is 8.65. The highest BCUT2D eigenvalue weighted by atomic mass is 35.5. The minimum atomic E-state index is 0.397. The molecule has 1 aromatic carbocycles. The van der Waals surface area contributed by atoms with Crippen molar-refractivity contribution < 1.29 is 0 Å². The van der Waals surface area contributed by atoms with Gasteiger partial charge in [-0.1, -0.05) is 25.4 Å². The van der Waals surface area contributed by atoms with Crippen molar-refractivity contribution in [3.63, 3.8) is 0 Å². The van der Waals surface area contributed by atoms with E-state index in [1.807, 2.05) is 29.4 Å². The predicted molar refractivity (Wildman–Crippen MR) is 89.3 cm³/mol. The summed E-state index contributed by atoms with van der Waals surface area (Å²) in [5.74, 6) is 0.397. The highest BCUT2D eigenvalue weighted by Crippen LogP contribution is 2.32. The molecular formula is C15H17ClN4S. The third kappa shape index (κ3) is 2.76. The van der Waals surface area contributed by atoms with E-state index in [1.165, 1.54) is 5.56 Å². The van der Waals surface area contributed by atoms with Gasteiger partial charge in [0.2, 0.25) is 0 Å². The Bertz CT molecular complexity index is 775. The lowest BCUT2D eigenvalue weighted by atomic mass is 10.1. The largest absolute Gasteiger partial charge is 0.378 e. The summed E-state index contributed by atoms with van der Waals surface area (Å²) in [7, 11) is 1.95. The van der Waals surface area contributed by atoms with E-state index >= 15 is 0 Å². The van der Waals surface area contributed by atoms with Crippen LogP contribution in [0.25, 0.3) is 10.2 Å². The molecule has 0 saturated heterocycles. The van der Waals surface area contributed by atoms with Crippen molar-refractivity contribution >= 4 is 38.8 Å². The minimum Gasteiger partial charge on any atom is -0.378 e. The zero-order valence-corrected chi connectivity index (χ0v) is 13.8. The van der Waals surface area contributed by atoms with Crippen LogP contribution in [0.1, 0.15) is 31.0 Å². The Labute approximate surface area is 132 Å². The summed E-state index contributed by atoms with van der Waals surface area (Å²) < 4.78 is 2.99. The summed E-state index contributed by atoms with van der Waals surface area (Å²) in [5.41, 5.74) is 5.98. The number of anilines is 1. The third-order valence-electron chi connectivity index (χ3n) is 3.39. The molecule has 1 N–H and O–H groups in total. The van der Waals surface area contributed by atoms with E-state index < -0.39 is 0 Å². The molecule has 0 fully saturated rings. The number of halogens is 1. The van der Waals surface area contributed by atoms with E-state index in [-0.39, 0.29) is 0 Å². The SMILES string of the molecule is CC(C)c1nn(C)cc1CNc1c(Cl)ccc2scnc12. The maximum Gasteiger partial charge on any atom is 0.106 e. The van der Waals surface area contributed by atoms with Gasteiger partial charge in [-0.25, -0.2) is 4.98 Å². The van der Waals surface area contributed by atoms with Crippen molar-refractivity contribution in [2.75, 3.05) is 5.32 Å². The van der Waals surface area contributed by atoms with Crippen LogP contribution in [0.5, 0.6) is 0 Å². The maximum absolute atomic E-state index is 6.32. The van der Waals surface area contributed by atoms with Crippen molar-refractivity contribution in [1.82, 2.24) is 14.8 Å². The molecule has 0 atom stereocenters. The van der Waals surface area contributed by atoms with Crippen LogP contribution in [0.2, 0.25) is 5.02 Å². The highest BCUT2D eigenvalue weighted by Gasteiger charge is 2.13. The molecule has 0 saturated carbocycles. The number of benzene rings is 1. The molecule has 0 bridgehead atoms. The van der Waals surface area contributed by atoms with Crippen LogP contribution in [0, 0.1) is 0 Å². The lowest BCUT2D eigenvalue weighted by Crippen LogP contribution is -2.03. The van der Waals surface area contributed by atoms with Gasteiger partial charge >= 0.3 is 0 Å². The molecule has 110 valence electrons. The van der Waals surface area contributed by atoms with Gasteiger partial charge < -0.3 is 5.32 Å². The fourth-order valence-corrected chi connectivity index (χ4v) is 3.34. The zero-order chi connectivity index (χ0) is 15.0. The first-order chi connectivity index (χ1) is 10.1. The van der Waals surface area contributed by atoms with E-state index in [0.29, 0.717) is 17.5 Å². The molecule has 4 nitrogen and oxygen atoms in total. The molecule has 0 aliphatic carbocycles.